The highest BCUT2D eigenvalue weighted by Crippen LogP contribution is 2.20. The minimum Gasteiger partial charge on any atom is -0.388 e. The second-order valence-corrected chi connectivity index (χ2v) is 5.44. The molecular formula is C12H26N2O9. The Morgan fingerprint density at radius 1 is 1.09 bits per heavy atom. The molecule has 0 aromatic heterocycles. The molecule has 0 radical (unpaired) electrons. The van der Waals surface area contributed by atoms with E-state index in [1.54, 1.807) is 0 Å². The summed E-state index contributed by atoms with van der Waals surface area (Å²) in [5.74, 6) is 0.778. The number of aliphatic hydroxyl groups is 2. The molecule has 4 N–H and O–H groups in total. The van der Waals surface area contributed by atoms with E-state index in [2.05, 4.69) is 13.8 Å². The fourth-order valence-corrected chi connectivity index (χ4v) is 2.00. The molecule has 1 rings (SSSR count). The van der Waals surface area contributed by atoms with Crippen molar-refractivity contribution in [3.8, 4) is 0 Å². The molecule has 1 heterocycles. The van der Waals surface area contributed by atoms with E-state index in [-0.39, 0.29) is 12.7 Å². The van der Waals surface area contributed by atoms with Crippen LogP contribution in [0, 0.1) is 26.1 Å². The van der Waals surface area contributed by atoms with Crippen LogP contribution in [0.2, 0.25) is 0 Å². The maximum atomic E-state index is 9.53. The largest absolute Gasteiger partial charge is 0.388 e. The highest BCUT2D eigenvalue weighted by Gasteiger charge is 2.33. The first-order chi connectivity index (χ1) is 10.6. The second kappa shape index (κ2) is 13.9. The summed E-state index contributed by atoms with van der Waals surface area (Å²) in [7, 11) is 0. The van der Waals surface area contributed by atoms with Crippen LogP contribution in [-0.4, -0.2) is 55.7 Å². The van der Waals surface area contributed by atoms with Crippen LogP contribution in [0.5, 0.6) is 0 Å². The molecule has 0 amide bonds. The zero-order chi connectivity index (χ0) is 18.4. The van der Waals surface area contributed by atoms with Crippen molar-refractivity contribution in [2.45, 2.75) is 64.3 Å². The van der Waals surface area contributed by atoms with Crippen LogP contribution >= 0.6 is 0 Å². The van der Waals surface area contributed by atoms with Gasteiger partial charge in [-0.25, -0.2) is 0 Å². The van der Waals surface area contributed by atoms with E-state index in [0.29, 0.717) is 0 Å². The van der Waals surface area contributed by atoms with Crippen molar-refractivity contribution in [3.05, 3.63) is 20.2 Å². The maximum absolute atomic E-state index is 9.53. The van der Waals surface area contributed by atoms with E-state index in [9.17, 15) is 10.2 Å². The first kappa shape index (κ1) is 23.5. The molecule has 11 heteroatoms. The topological polar surface area (TPSA) is 176 Å². The summed E-state index contributed by atoms with van der Waals surface area (Å²) >= 11 is 0. The van der Waals surface area contributed by atoms with Gasteiger partial charge in [-0.1, -0.05) is 39.5 Å². The SMILES string of the molecule is CC(C)CCCCCC1OCC(O)C1O.O=[N+]([O-])O.O=[N+]([O-])O. The summed E-state index contributed by atoms with van der Waals surface area (Å²) in [5, 5.41) is 46.1. The molecule has 0 spiro atoms. The van der Waals surface area contributed by atoms with Gasteiger partial charge in [-0.05, 0) is 12.3 Å². The van der Waals surface area contributed by atoms with E-state index in [0.717, 1.165) is 18.8 Å². The lowest BCUT2D eigenvalue weighted by Crippen LogP contribution is -2.29. The molecule has 1 fully saturated rings. The summed E-state index contributed by atoms with van der Waals surface area (Å²) in [6, 6.07) is 0. The van der Waals surface area contributed by atoms with Crippen molar-refractivity contribution >= 4 is 0 Å². The lowest BCUT2D eigenvalue weighted by atomic mass is 10.0. The van der Waals surface area contributed by atoms with Gasteiger partial charge in [0.15, 0.2) is 0 Å². The van der Waals surface area contributed by atoms with Gasteiger partial charge in [0, 0.05) is 0 Å². The molecule has 1 aliphatic rings. The van der Waals surface area contributed by atoms with Crippen LogP contribution < -0.4 is 0 Å². The monoisotopic (exact) mass is 342 g/mol. The zero-order valence-corrected chi connectivity index (χ0v) is 13.3. The van der Waals surface area contributed by atoms with Crippen LogP contribution in [0.25, 0.3) is 0 Å². The maximum Gasteiger partial charge on any atom is 0.291 e. The molecule has 1 aliphatic heterocycles. The Hall–Kier alpha value is -1.72. The normalized spacial score (nSPS) is 22.6. The van der Waals surface area contributed by atoms with Gasteiger partial charge in [0.1, 0.15) is 12.2 Å². The lowest BCUT2D eigenvalue weighted by Gasteiger charge is -2.14. The molecular weight excluding hydrogens is 316 g/mol. The Bertz CT molecular complexity index is 308. The van der Waals surface area contributed by atoms with E-state index < -0.39 is 22.4 Å². The summed E-state index contributed by atoms with van der Waals surface area (Å²) in [6.45, 7) is 4.76. The zero-order valence-electron chi connectivity index (χ0n) is 13.3. The van der Waals surface area contributed by atoms with Crippen LogP contribution in [0.15, 0.2) is 0 Å². The summed E-state index contributed by atoms with van der Waals surface area (Å²) in [6.07, 6.45) is 4.19. The van der Waals surface area contributed by atoms with E-state index >= 15 is 0 Å². The van der Waals surface area contributed by atoms with Gasteiger partial charge in [0.2, 0.25) is 0 Å². The van der Waals surface area contributed by atoms with Crippen molar-refractivity contribution in [2.24, 2.45) is 5.92 Å². The molecule has 0 bridgehead atoms. The quantitative estimate of drug-likeness (QED) is 0.311. The Labute approximate surface area is 133 Å². The Kier molecular flexibility index (Phi) is 14.2. The number of rotatable bonds is 6. The van der Waals surface area contributed by atoms with E-state index in [4.69, 9.17) is 35.4 Å². The summed E-state index contributed by atoms with van der Waals surface area (Å²) in [4.78, 5) is 16.7. The molecule has 0 aromatic carbocycles. The van der Waals surface area contributed by atoms with Crippen LogP contribution in [-0.2, 0) is 4.74 Å². The molecule has 1 saturated heterocycles. The van der Waals surface area contributed by atoms with Crippen LogP contribution in [0.1, 0.15) is 46.0 Å². The van der Waals surface area contributed by atoms with Crippen molar-refractivity contribution in [3.63, 3.8) is 0 Å². The average molecular weight is 342 g/mol. The standard InChI is InChI=1S/C12H24O3.2HNO3/c1-9(2)6-4-3-5-7-11-12(14)10(13)8-15-11;2*2-1(3)4/h9-14H,3-8H2,1-2H3;2*(H,2,3,4). The van der Waals surface area contributed by atoms with Gasteiger partial charge in [-0.2, -0.15) is 0 Å². The van der Waals surface area contributed by atoms with Crippen molar-refractivity contribution in [1.82, 2.24) is 0 Å². The van der Waals surface area contributed by atoms with Crippen molar-refractivity contribution in [1.29, 1.82) is 0 Å². The number of aliphatic hydroxyl groups excluding tert-OH is 2. The molecule has 23 heavy (non-hydrogen) atoms. The average Bonchev–Trinajstić information content (AvgIpc) is 2.68. The van der Waals surface area contributed by atoms with Crippen molar-refractivity contribution < 1.29 is 35.5 Å². The molecule has 11 nitrogen and oxygen atoms in total. The fourth-order valence-electron chi connectivity index (χ4n) is 2.00. The lowest BCUT2D eigenvalue weighted by molar-refractivity contribution is -0.742. The predicted molar refractivity (Wildman–Crippen MR) is 77.2 cm³/mol. The number of unbranched alkanes of at least 4 members (excludes halogenated alkanes) is 2. The number of hydrogen-bond donors (Lipinski definition) is 4. The van der Waals surface area contributed by atoms with Crippen molar-refractivity contribution in [2.75, 3.05) is 6.61 Å². The van der Waals surface area contributed by atoms with Gasteiger partial charge >= 0.3 is 0 Å². The van der Waals surface area contributed by atoms with Gasteiger partial charge < -0.3 is 25.4 Å². The molecule has 3 unspecified atom stereocenters. The van der Waals surface area contributed by atoms with E-state index in [1.807, 2.05) is 0 Å². The molecule has 138 valence electrons. The Morgan fingerprint density at radius 3 is 1.91 bits per heavy atom. The Balaban J connectivity index is 0. The minimum absolute atomic E-state index is 0.140. The van der Waals surface area contributed by atoms with Crippen LogP contribution in [0.3, 0.4) is 0 Å². The minimum atomic E-state index is -1.50. The van der Waals surface area contributed by atoms with Gasteiger partial charge in [0.25, 0.3) is 10.2 Å². The molecule has 0 aromatic rings. The molecule has 0 saturated carbocycles. The number of nitrogens with zero attached hydrogens (tertiary/aromatic N) is 2. The first-order valence-corrected chi connectivity index (χ1v) is 7.22. The highest BCUT2D eigenvalue weighted by atomic mass is 16.9. The molecule has 0 aliphatic carbocycles. The Morgan fingerprint density at radius 2 is 1.57 bits per heavy atom. The van der Waals surface area contributed by atoms with Gasteiger partial charge in [-0.3, -0.25) is 0 Å². The number of hydrogen-bond acceptors (Lipinski definition) is 7. The third-order valence-corrected chi connectivity index (χ3v) is 3.03. The summed E-state index contributed by atoms with van der Waals surface area (Å²) < 4.78 is 5.31. The fraction of sp³-hybridized carbons (Fsp3) is 1.00. The third-order valence-electron chi connectivity index (χ3n) is 3.03. The predicted octanol–water partition coefficient (Wildman–Crippen LogP) is 1.02. The van der Waals surface area contributed by atoms with Crippen LogP contribution in [0.4, 0.5) is 0 Å². The van der Waals surface area contributed by atoms with Gasteiger partial charge in [0.05, 0.1) is 12.7 Å². The van der Waals surface area contributed by atoms with Gasteiger partial charge in [-0.15, -0.1) is 20.2 Å². The summed E-state index contributed by atoms with van der Waals surface area (Å²) in [5.41, 5.74) is 0. The number of ether oxygens (including phenoxy) is 1. The highest BCUT2D eigenvalue weighted by molar-refractivity contribution is 4.82. The van der Waals surface area contributed by atoms with E-state index in [1.165, 1.54) is 19.3 Å². The third kappa shape index (κ3) is 18.2. The first-order valence-electron chi connectivity index (χ1n) is 7.22. The molecule has 3 atom stereocenters. The second-order valence-electron chi connectivity index (χ2n) is 5.44. The smallest absolute Gasteiger partial charge is 0.291 e.